The number of amides is 2. The third-order valence-corrected chi connectivity index (χ3v) is 5.88. The largest absolute Gasteiger partial charge is 0.464 e. The molecule has 0 aromatic heterocycles. The zero-order valence-corrected chi connectivity index (χ0v) is 19.9. The second kappa shape index (κ2) is 12.3. The number of carbonyl (C=O) groups excluding carboxylic acids is 3. The van der Waals surface area contributed by atoms with E-state index in [1.54, 1.807) is 43.0 Å². The maximum absolute atomic E-state index is 13.2. The lowest BCUT2D eigenvalue weighted by molar-refractivity contribution is -0.146. The Hall–Kier alpha value is -2.80. The fourth-order valence-corrected chi connectivity index (χ4v) is 3.79. The van der Waals surface area contributed by atoms with Crippen LogP contribution >= 0.6 is 11.8 Å². The van der Waals surface area contributed by atoms with Crippen LogP contribution < -0.4 is 10.6 Å². The van der Waals surface area contributed by atoms with Gasteiger partial charge in [-0.25, -0.2) is 4.79 Å². The first-order valence-corrected chi connectivity index (χ1v) is 11.7. The third kappa shape index (κ3) is 8.75. The van der Waals surface area contributed by atoms with Crippen LogP contribution in [-0.2, 0) is 20.7 Å². The molecule has 0 aliphatic heterocycles. The van der Waals surface area contributed by atoms with E-state index in [4.69, 9.17) is 4.74 Å². The fraction of sp³-hybridized carbons (Fsp3) is 0.400. The van der Waals surface area contributed by atoms with Gasteiger partial charge in [-0.15, -0.1) is 0 Å². The summed E-state index contributed by atoms with van der Waals surface area (Å²) in [6.45, 7) is 8.08. The van der Waals surface area contributed by atoms with Gasteiger partial charge in [0.05, 0.1) is 6.61 Å². The molecule has 0 aliphatic rings. The summed E-state index contributed by atoms with van der Waals surface area (Å²) in [5.41, 5.74) is 1.36. The van der Waals surface area contributed by atoms with E-state index in [2.05, 4.69) is 10.6 Å². The molecule has 2 amide bonds. The number of rotatable bonds is 10. The highest BCUT2D eigenvalue weighted by molar-refractivity contribution is 8.00. The van der Waals surface area contributed by atoms with Crippen LogP contribution in [0.1, 0.15) is 43.6 Å². The quantitative estimate of drug-likeness (QED) is 0.534. The van der Waals surface area contributed by atoms with Crippen LogP contribution in [0.5, 0.6) is 0 Å². The molecule has 0 saturated carbocycles. The molecule has 0 bridgehead atoms. The van der Waals surface area contributed by atoms with Gasteiger partial charge in [-0.3, -0.25) is 9.59 Å². The Bertz CT molecular complexity index is 882. The molecule has 2 atom stereocenters. The number of hydrogen-bond donors (Lipinski definition) is 2. The second-order valence-electron chi connectivity index (χ2n) is 8.32. The van der Waals surface area contributed by atoms with Crippen molar-refractivity contribution >= 4 is 29.5 Å². The smallest absolute Gasteiger partial charge is 0.329 e. The topological polar surface area (TPSA) is 84.5 Å². The molecule has 0 spiro atoms. The Balaban J connectivity index is 2.19. The summed E-state index contributed by atoms with van der Waals surface area (Å²) < 4.78 is 5.08. The van der Waals surface area contributed by atoms with Gasteiger partial charge in [0, 0.05) is 22.5 Å². The van der Waals surface area contributed by atoms with Crippen LogP contribution in [0.3, 0.4) is 0 Å². The van der Waals surface area contributed by atoms with Crippen molar-refractivity contribution in [1.29, 1.82) is 0 Å². The lowest BCUT2D eigenvalue weighted by atomic mass is 10.0. The first kappa shape index (κ1) is 25.5. The zero-order valence-electron chi connectivity index (χ0n) is 19.1. The van der Waals surface area contributed by atoms with Crippen molar-refractivity contribution in [2.24, 2.45) is 0 Å². The van der Waals surface area contributed by atoms with Crippen molar-refractivity contribution in [3.8, 4) is 0 Å². The minimum Gasteiger partial charge on any atom is -0.464 e. The molecule has 0 heterocycles. The van der Waals surface area contributed by atoms with Crippen molar-refractivity contribution in [2.45, 2.75) is 50.9 Å². The van der Waals surface area contributed by atoms with Crippen molar-refractivity contribution in [1.82, 2.24) is 10.6 Å². The Kier molecular flexibility index (Phi) is 9.78. The number of nitrogens with one attached hydrogen (secondary N) is 2. The molecule has 7 heteroatoms. The predicted octanol–water partition coefficient (Wildman–Crippen LogP) is 3.61. The van der Waals surface area contributed by atoms with E-state index in [-0.39, 0.29) is 17.3 Å². The van der Waals surface area contributed by atoms with E-state index in [1.165, 1.54) is 0 Å². The highest BCUT2D eigenvalue weighted by Gasteiger charge is 2.29. The molecule has 2 unspecified atom stereocenters. The molecule has 2 aromatic carbocycles. The molecule has 6 nitrogen and oxygen atoms in total. The molecule has 0 aliphatic carbocycles. The predicted molar refractivity (Wildman–Crippen MR) is 129 cm³/mol. The molecule has 0 radical (unpaired) electrons. The molecular formula is C25H32N2O4S. The van der Waals surface area contributed by atoms with E-state index in [0.29, 0.717) is 17.7 Å². The first-order valence-electron chi connectivity index (χ1n) is 10.7. The first-order chi connectivity index (χ1) is 15.2. The summed E-state index contributed by atoms with van der Waals surface area (Å²) in [7, 11) is 0. The van der Waals surface area contributed by atoms with Gasteiger partial charge in [0.1, 0.15) is 12.1 Å². The molecule has 172 valence electrons. The third-order valence-electron chi connectivity index (χ3n) is 4.51. The number of carbonyl (C=O) groups is 3. The number of hydrogen-bond acceptors (Lipinski definition) is 5. The summed E-state index contributed by atoms with van der Waals surface area (Å²) in [5.74, 6) is -0.881. The molecule has 2 N–H and O–H groups in total. The molecule has 2 aromatic rings. The highest BCUT2D eigenvalue weighted by atomic mass is 32.2. The average molecular weight is 457 g/mol. The van der Waals surface area contributed by atoms with E-state index in [9.17, 15) is 14.4 Å². The lowest BCUT2D eigenvalue weighted by Crippen LogP contribution is -2.53. The maximum Gasteiger partial charge on any atom is 0.329 e. The van der Waals surface area contributed by atoms with Crippen LogP contribution in [0.25, 0.3) is 0 Å². The van der Waals surface area contributed by atoms with Gasteiger partial charge in [-0.05, 0) is 24.6 Å². The summed E-state index contributed by atoms with van der Waals surface area (Å²) in [6, 6.07) is 16.5. The molecular weight excluding hydrogens is 424 g/mol. The minimum atomic E-state index is -0.846. The fourth-order valence-electron chi connectivity index (χ4n) is 2.91. The Morgan fingerprint density at radius 1 is 0.906 bits per heavy atom. The van der Waals surface area contributed by atoms with E-state index < -0.39 is 24.0 Å². The van der Waals surface area contributed by atoms with Crippen LogP contribution in [0.15, 0.2) is 60.7 Å². The zero-order chi connectivity index (χ0) is 23.6. The van der Waals surface area contributed by atoms with Gasteiger partial charge in [-0.2, -0.15) is 11.8 Å². The van der Waals surface area contributed by atoms with E-state index >= 15 is 0 Å². The number of esters is 1. The summed E-state index contributed by atoms with van der Waals surface area (Å²) >= 11 is 1.56. The van der Waals surface area contributed by atoms with Crippen molar-refractivity contribution < 1.29 is 19.1 Å². The number of ether oxygens (including phenoxy) is 1. The molecule has 0 fully saturated rings. The molecule has 32 heavy (non-hydrogen) atoms. The van der Waals surface area contributed by atoms with Gasteiger partial charge in [-0.1, -0.05) is 69.3 Å². The van der Waals surface area contributed by atoms with Gasteiger partial charge in [0.2, 0.25) is 5.91 Å². The summed E-state index contributed by atoms with van der Waals surface area (Å²) in [4.78, 5) is 38.4. The van der Waals surface area contributed by atoms with Crippen molar-refractivity contribution in [3.05, 3.63) is 71.8 Å². The van der Waals surface area contributed by atoms with Crippen LogP contribution in [0.2, 0.25) is 0 Å². The standard InChI is InChI=1S/C25H32N2O4S/c1-5-31-24(30)21(17-32-25(2,3)4)27-23(29)20(16-18-12-8-6-9-13-18)26-22(28)19-14-10-7-11-15-19/h6-15,20-21H,5,16-17H2,1-4H3,(H,26,28)(H,27,29). The van der Waals surface area contributed by atoms with E-state index in [1.807, 2.05) is 57.2 Å². The molecule has 2 rings (SSSR count). The van der Waals surface area contributed by atoms with Gasteiger partial charge in [0.25, 0.3) is 5.91 Å². The van der Waals surface area contributed by atoms with Crippen LogP contribution in [-0.4, -0.2) is 47.0 Å². The van der Waals surface area contributed by atoms with Gasteiger partial charge in [0.15, 0.2) is 0 Å². The highest BCUT2D eigenvalue weighted by Crippen LogP contribution is 2.24. The second-order valence-corrected chi connectivity index (χ2v) is 10.2. The monoisotopic (exact) mass is 456 g/mol. The average Bonchev–Trinajstić information content (AvgIpc) is 2.76. The summed E-state index contributed by atoms with van der Waals surface area (Å²) in [5, 5.41) is 5.62. The number of benzene rings is 2. The Labute approximate surface area is 194 Å². The lowest BCUT2D eigenvalue weighted by Gasteiger charge is -2.25. The maximum atomic E-state index is 13.2. The van der Waals surface area contributed by atoms with Crippen LogP contribution in [0, 0.1) is 0 Å². The van der Waals surface area contributed by atoms with Crippen molar-refractivity contribution in [2.75, 3.05) is 12.4 Å². The summed E-state index contributed by atoms with van der Waals surface area (Å²) in [6.07, 6.45) is 0.299. The van der Waals surface area contributed by atoms with Gasteiger partial charge >= 0.3 is 5.97 Å². The normalized spacial score (nSPS) is 13.0. The van der Waals surface area contributed by atoms with E-state index in [0.717, 1.165) is 5.56 Å². The Morgan fingerprint density at radius 2 is 1.50 bits per heavy atom. The van der Waals surface area contributed by atoms with Gasteiger partial charge < -0.3 is 15.4 Å². The number of thioether (sulfide) groups is 1. The Morgan fingerprint density at radius 3 is 2.06 bits per heavy atom. The SMILES string of the molecule is CCOC(=O)C(CSC(C)(C)C)NC(=O)C(Cc1ccccc1)NC(=O)c1ccccc1. The molecule has 0 saturated heterocycles. The van der Waals surface area contributed by atoms with Crippen LogP contribution in [0.4, 0.5) is 0 Å². The minimum absolute atomic E-state index is 0.0829. The van der Waals surface area contributed by atoms with Crippen molar-refractivity contribution in [3.63, 3.8) is 0 Å².